The van der Waals surface area contributed by atoms with Crippen LogP contribution < -0.4 is 15.0 Å². The second-order valence-corrected chi connectivity index (χ2v) is 10.3. The normalized spacial score (nSPS) is 22.2. The monoisotopic (exact) mass is 544 g/mol. The number of hydrogen-bond acceptors (Lipinski definition) is 7. The third-order valence-corrected chi connectivity index (χ3v) is 7.02. The van der Waals surface area contributed by atoms with E-state index in [0.29, 0.717) is 24.3 Å². The summed E-state index contributed by atoms with van der Waals surface area (Å²) in [4.78, 5) is 9.82. The molecule has 1 saturated heterocycles. The zero-order valence-corrected chi connectivity index (χ0v) is 20.5. The average Bonchev–Trinajstić information content (AvgIpc) is 3.32. The minimum Gasteiger partial charge on any atom is -0.468 e. The van der Waals surface area contributed by atoms with E-state index in [4.69, 9.17) is 4.74 Å². The number of fused-ring (bicyclic) bond motifs is 3. The number of aromatic nitrogens is 4. The van der Waals surface area contributed by atoms with Gasteiger partial charge in [0.2, 0.25) is 11.8 Å². The summed E-state index contributed by atoms with van der Waals surface area (Å²) in [5.41, 5.74) is -1.33. The maximum atomic E-state index is 13.1. The van der Waals surface area contributed by atoms with Gasteiger partial charge in [0.15, 0.2) is 12.3 Å². The number of ether oxygens (including phenoxy) is 1. The Morgan fingerprint density at radius 2 is 1.74 bits per heavy atom. The number of anilines is 2. The lowest BCUT2D eigenvalue weighted by molar-refractivity contribution is -0.154. The Labute approximate surface area is 213 Å². The highest BCUT2D eigenvalue weighted by Crippen LogP contribution is 2.41. The molecule has 0 amide bonds. The van der Waals surface area contributed by atoms with Crippen LogP contribution in [0.15, 0.2) is 30.5 Å². The van der Waals surface area contributed by atoms with Crippen molar-refractivity contribution in [2.75, 3.05) is 29.9 Å². The van der Waals surface area contributed by atoms with Crippen LogP contribution in [0, 0.1) is 11.8 Å². The van der Waals surface area contributed by atoms with Crippen LogP contribution in [-0.2, 0) is 11.8 Å². The second-order valence-electron chi connectivity index (χ2n) is 10.3. The van der Waals surface area contributed by atoms with Crippen LogP contribution in [0.25, 0.3) is 5.65 Å². The van der Waals surface area contributed by atoms with E-state index in [1.54, 1.807) is 6.07 Å². The Kier molecular flexibility index (Phi) is 6.35. The maximum absolute atomic E-state index is 13.1. The Balaban J connectivity index is 1.38. The molecule has 2 unspecified atom stereocenters. The smallest absolute Gasteiger partial charge is 0.433 e. The van der Waals surface area contributed by atoms with Crippen LogP contribution in [0.2, 0.25) is 0 Å². The Hall–Kier alpha value is -3.29. The van der Waals surface area contributed by atoms with E-state index in [0.717, 1.165) is 29.6 Å². The van der Waals surface area contributed by atoms with Gasteiger partial charge in [0.1, 0.15) is 5.69 Å². The van der Waals surface area contributed by atoms with Gasteiger partial charge in [-0.3, -0.25) is 4.98 Å². The van der Waals surface area contributed by atoms with E-state index in [1.165, 1.54) is 26.0 Å². The number of nitrogens with one attached hydrogen (secondary N) is 1. The highest BCUT2D eigenvalue weighted by molar-refractivity contribution is 5.56. The van der Waals surface area contributed by atoms with Crippen molar-refractivity contribution in [2.24, 2.45) is 11.8 Å². The molecule has 2 bridgehead atoms. The number of rotatable bonds is 6. The van der Waals surface area contributed by atoms with Crippen LogP contribution in [-0.4, -0.2) is 56.6 Å². The second kappa shape index (κ2) is 9.17. The van der Waals surface area contributed by atoms with E-state index in [2.05, 4.69) is 20.4 Å². The molecule has 8 nitrogen and oxygen atoms in total. The third-order valence-electron chi connectivity index (χ3n) is 7.02. The van der Waals surface area contributed by atoms with Crippen molar-refractivity contribution in [1.29, 1.82) is 0 Å². The fourth-order valence-corrected chi connectivity index (χ4v) is 5.33. The summed E-state index contributed by atoms with van der Waals surface area (Å²) < 4.78 is 83.8. The molecule has 3 atom stereocenters. The molecule has 0 aromatic carbocycles. The predicted octanol–water partition coefficient (Wildman–Crippen LogP) is 4.64. The van der Waals surface area contributed by atoms with Gasteiger partial charge in [0.05, 0.1) is 5.60 Å². The summed E-state index contributed by atoms with van der Waals surface area (Å²) in [5, 5.41) is 18.2. The number of hydrogen-bond donors (Lipinski definition) is 2. The number of alkyl halides is 6. The lowest BCUT2D eigenvalue weighted by Crippen LogP contribution is -2.48. The number of aliphatic hydroxyl groups is 1. The topological polar surface area (TPSA) is 87.8 Å². The first kappa shape index (κ1) is 26.3. The van der Waals surface area contributed by atoms with Crippen molar-refractivity contribution in [2.45, 2.75) is 50.7 Å². The van der Waals surface area contributed by atoms with Crippen molar-refractivity contribution in [1.82, 2.24) is 19.6 Å². The van der Waals surface area contributed by atoms with Crippen molar-refractivity contribution in [3.8, 4) is 5.88 Å². The van der Waals surface area contributed by atoms with Gasteiger partial charge in [0.25, 0.3) is 0 Å². The predicted molar refractivity (Wildman–Crippen MR) is 125 cm³/mol. The molecule has 5 rings (SSSR count). The van der Waals surface area contributed by atoms with Gasteiger partial charge < -0.3 is 20.1 Å². The van der Waals surface area contributed by atoms with E-state index in [1.807, 2.05) is 4.90 Å². The molecule has 4 heterocycles. The Morgan fingerprint density at radius 1 is 1.05 bits per heavy atom. The lowest BCUT2D eigenvalue weighted by Gasteiger charge is -2.39. The van der Waals surface area contributed by atoms with E-state index in [9.17, 15) is 31.4 Å². The molecule has 3 aromatic heterocycles. The van der Waals surface area contributed by atoms with Crippen LogP contribution in [0.1, 0.15) is 37.9 Å². The minimum absolute atomic E-state index is 0.0811. The SMILES string of the molecule is CC(C)(O)c1ccc(OCC(F)(F)F)n2nc(NC3C4CC[C@H]3CN(c3ccnc(C(F)(F)F)c3)C4)nc12. The molecular formula is C24H26F6N6O2. The number of piperidine rings is 1. The van der Waals surface area contributed by atoms with Crippen LogP contribution in [0.5, 0.6) is 5.88 Å². The Bertz CT molecular complexity index is 1300. The van der Waals surface area contributed by atoms with E-state index >= 15 is 0 Å². The van der Waals surface area contributed by atoms with Gasteiger partial charge in [0, 0.05) is 42.6 Å². The zero-order valence-electron chi connectivity index (χ0n) is 20.5. The first-order chi connectivity index (χ1) is 17.7. The molecule has 2 N–H and O–H groups in total. The van der Waals surface area contributed by atoms with Gasteiger partial charge in [-0.1, -0.05) is 0 Å². The highest BCUT2D eigenvalue weighted by atomic mass is 19.4. The molecule has 0 spiro atoms. The van der Waals surface area contributed by atoms with Gasteiger partial charge in [-0.2, -0.15) is 35.8 Å². The van der Waals surface area contributed by atoms with Crippen molar-refractivity contribution in [3.05, 3.63) is 41.7 Å². The van der Waals surface area contributed by atoms with Gasteiger partial charge in [-0.05, 0) is 56.7 Å². The number of pyridine rings is 2. The molecule has 3 aromatic rings. The molecule has 1 aliphatic heterocycles. The maximum Gasteiger partial charge on any atom is 0.433 e. The molecule has 14 heteroatoms. The molecule has 0 radical (unpaired) electrons. The van der Waals surface area contributed by atoms with Crippen LogP contribution >= 0.6 is 0 Å². The molecule has 1 saturated carbocycles. The first-order valence-electron chi connectivity index (χ1n) is 12.1. The molecule has 206 valence electrons. The first-order valence-corrected chi connectivity index (χ1v) is 12.1. The summed E-state index contributed by atoms with van der Waals surface area (Å²) in [5.74, 6) is 0.147. The summed E-state index contributed by atoms with van der Waals surface area (Å²) in [6.45, 7) is 2.56. The lowest BCUT2D eigenvalue weighted by atomic mass is 9.92. The molecule has 1 aliphatic carbocycles. The van der Waals surface area contributed by atoms with Gasteiger partial charge in [-0.25, -0.2) is 0 Å². The van der Waals surface area contributed by atoms with Crippen molar-refractivity contribution >= 4 is 17.3 Å². The quantitative estimate of drug-likeness (QED) is 0.438. The average molecular weight is 544 g/mol. The van der Waals surface area contributed by atoms with Crippen LogP contribution in [0.4, 0.5) is 38.0 Å². The van der Waals surface area contributed by atoms with Gasteiger partial charge in [-0.15, -0.1) is 5.10 Å². The highest BCUT2D eigenvalue weighted by Gasteiger charge is 2.43. The van der Waals surface area contributed by atoms with E-state index < -0.39 is 30.3 Å². The van der Waals surface area contributed by atoms with Crippen LogP contribution in [0.3, 0.4) is 0 Å². The molecular weight excluding hydrogens is 518 g/mol. The summed E-state index contributed by atoms with van der Waals surface area (Å²) >= 11 is 0. The largest absolute Gasteiger partial charge is 0.468 e. The van der Waals surface area contributed by atoms with Crippen molar-refractivity contribution < 1.29 is 36.2 Å². The summed E-state index contributed by atoms with van der Waals surface area (Å²) in [7, 11) is 0. The molecule has 38 heavy (non-hydrogen) atoms. The summed E-state index contributed by atoms with van der Waals surface area (Å²) in [6.07, 6.45) is -6.24. The summed E-state index contributed by atoms with van der Waals surface area (Å²) in [6, 6.07) is 5.28. The fraction of sp³-hybridized carbons (Fsp3) is 0.542. The minimum atomic E-state index is -4.55. The third kappa shape index (κ3) is 5.31. The fourth-order valence-electron chi connectivity index (χ4n) is 5.33. The molecule has 2 aliphatic rings. The van der Waals surface area contributed by atoms with E-state index in [-0.39, 0.29) is 35.4 Å². The van der Waals surface area contributed by atoms with Gasteiger partial charge >= 0.3 is 12.4 Å². The molecule has 2 fully saturated rings. The van der Waals surface area contributed by atoms with Crippen molar-refractivity contribution in [3.63, 3.8) is 0 Å². The number of halogens is 6. The zero-order chi connectivity index (χ0) is 27.5. The Morgan fingerprint density at radius 3 is 2.34 bits per heavy atom. The number of nitrogens with zero attached hydrogens (tertiary/aromatic N) is 5. The standard InChI is InChI=1S/C24H26F6N6O2/c1-22(2,37)16-5-6-18(38-12-23(25,26)27)36-20(16)33-21(34-36)32-19-13-3-4-14(19)11-35(10-13)15-7-8-31-17(9-15)24(28,29)30/h5-9,13-14,19,37H,3-4,10-12H2,1-2H3,(H,32,34)/t13-,14?,19?/m0/s1.